The van der Waals surface area contributed by atoms with Gasteiger partial charge < -0.3 is 15.4 Å². The molecular weight excluding hydrogens is 372 g/mol. The molecule has 0 aliphatic carbocycles. The fourth-order valence-corrected chi connectivity index (χ4v) is 2.90. The number of anilines is 2. The maximum atomic E-state index is 12.6. The third kappa shape index (κ3) is 4.37. The number of nitrogens with one attached hydrogen (secondary N) is 1. The second kappa shape index (κ2) is 8.47. The van der Waals surface area contributed by atoms with Crippen LogP contribution in [0.5, 0.6) is 5.75 Å². The van der Waals surface area contributed by atoms with Crippen molar-refractivity contribution in [1.82, 2.24) is 9.55 Å². The normalized spacial score (nSPS) is 10.6. The van der Waals surface area contributed by atoms with Gasteiger partial charge in [-0.2, -0.15) is 0 Å². The first-order valence-corrected chi connectivity index (χ1v) is 9.00. The molecule has 0 saturated carbocycles. The molecule has 150 valence electrons. The highest BCUT2D eigenvalue weighted by atomic mass is 16.5. The Balaban J connectivity index is 1.86. The molecule has 0 unspecified atom stereocenters. The zero-order chi connectivity index (χ0) is 21.0. The van der Waals surface area contributed by atoms with Crippen molar-refractivity contribution in [2.75, 3.05) is 24.3 Å². The number of ether oxygens (including phenoxy) is 1. The van der Waals surface area contributed by atoms with Crippen LogP contribution in [0, 0.1) is 6.92 Å². The van der Waals surface area contributed by atoms with Gasteiger partial charge in [0.15, 0.2) is 12.3 Å². The van der Waals surface area contributed by atoms with E-state index >= 15 is 0 Å². The average molecular weight is 394 g/mol. The van der Waals surface area contributed by atoms with E-state index in [2.05, 4.69) is 4.98 Å². The molecule has 1 amide bonds. The number of carbonyl (C=O) groups is 1. The molecule has 8 heteroatoms. The maximum Gasteiger partial charge on any atom is 0.330 e. The van der Waals surface area contributed by atoms with Crippen LogP contribution in [-0.4, -0.2) is 29.1 Å². The van der Waals surface area contributed by atoms with E-state index in [1.54, 1.807) is 12.1 Å². The molecule has 2 aromatic carbocycles. The van der Waals surface area contributed by atoms with Crippen LogP contribution in [0.15, 0.2) is 64.2 Å². The van der Waals surface area contributed by atoms with E-state index < -0.39 is 17.2 Å². The minimum absolute atomic E-state index is 0.0886. The summed E-state index contributed by atoms with van der Waals surface area (Å²) in [5, 5.41) is 0. The number of hydrogen-bond donors (Lipinski definition) is 2. The van der Waals surface area contributed by atoms with E-state index in [4.69, 9.17) is 10.5 Å². The highest BCUT2D eigenvalue weighted by molar-refractivity contribution is 5.96. The Morgan fingerprint density at radius 1 is 1.10 bits per heavy atom. The number of para-hydroxylation sites is 1. The zero-order valence-corrected chi connectivity index (χ0v) is 16.2. The first kappa shape index (κ1) is 19.9. The number of aryl methyl sites for hydroxylation is 1. The van der Waals surface area contributed by atoms with Crippen LogP contribution < -0.4 is 26.6 Å². The number of benzene rings is 2. The Morgan fingerprint density at radius 2 is 1.76 bits per heavy atom. The summed E-state index contributed by atoms with van der Waals surface area (Å²) in [4.78, 5) is 40.5. The largest absolute Gasteiger partial charge is 0.483 e. The van der Waals surface area contributed by atoms with E-state index in [1.807, 2.05) is 49.4 Å². The predicted molar refractivity (Wildman–Crippen MR) is 111 cm³/mol. The first-order chi connectivity index (χ1) is 13.9. The molecule has 0 radical (unpaired) electrons. The third-order valence-corrected chi connectivity index (χ3v) is 4.55. The monoisotopic (exact) mass is 394 g/mol. The van der Waals surface area contributed by atoms with Gasteiger partial charge in [0.25, 0.3) is 11.5 Å². The summed E-state index contributed by atoms with van der Waals surface area (Å²) in [6.07, 6.45) is 0. The number of nitrogen functional groups attached to an aromatic ring is 1. The summed E-state index contributed by atoms with van der Waals surface area (Å²) in [6.45, 7) is 1.75. The van der Waals surface area contributed by atoms with Gasteiger partial charge >= 0.3 is 5.69 Å². The molecule has 0 spiro atoms. The summed E-state index contributed by atoms with van der Waals surface area (Å²) in [5.74, 6) is 0.00915. The number of H-pyrrole nitrogens is 1. The molecule has 0 bridgehead atoms. The fourth-order valence-electron chi connectivity index (χ4n) is 2.90. The van der Waals surface area contributed by atoms with Gasteiger partial charge in [-0.05, 0) is 24.1 Å². The Kier molecular flexibility index (Phi) is 5.82. The van der Waals surface area contributed by atoms with E-state index in [9.17, 15) is 14.4 Å². The molecule has 0 aliphatic rings. The standard InChI is InChI=1S/C21H22N4O4/c1-14-8-6-7-11-16(14)29-13-17(26)24(2)18-19(22)25(21(28)23-20(18)27)12-15-9-4-3-5-10-15/h3-11H,12-13,22H2,1-2H3,(H,23,27,28). The Labute approximate surface area is 167 Å². The van der Waals surface area contributed by atoms with Crippen LogP contribution in [0.3, 0.4) is 0 Å². The van der Waals surface area contributed by atoms with Gasteiger partial charge in [-0.15, -0.1) is 0 Å². The summed E-state index contributed by atoms with van der Waals surface area (Å²) in [5.41, 5.74) is 6.35. The molecule has 3 N–H and O–H groups in total. The number of amides is 1. The summed E-state index contributed by atoms with van der Waals surface area (Å²) in [6, 6.07) is 16.5. The lowest BCUT2D eigenvalue weighted by molar-refractivity contribution is -0.120. The van der Waals surface area contributed by atoms with E-state index in [-0.39, 0.29) is 24.7 Å². The number of nitrogens with two attached hydrogens (primary N) is 1. The Bertz CT molecular complexity index is 1140. The van der Waals surface area contributed by atoms with Gasteiger partial charge in [0.2, 0.25) is 0 Å². The maximum absolute atomic E-state index is 12.6. The summed E-state index contributed by atoms with van der Waals surface area (Å²) in [7, 11) is 1.42. The van der Waals surface area contributed by atoms with Crippen LogP contribution in [0.2, 0.25) is 0 Å². The number of carbonyl (C=O) groups excluding carboxylic acids is 1. The smallest absolute Gasteiger partial charge is 0.330 e. The lowest BCUT2D eigenvalue weighted by Gasteiger charge is -2.20. The van der Waals surface area contributed by atoms with Crippen molar-refractivity contribution in [3.05, 3.63) is 86.6 Å². The lowest BCUT2D eigenvalue weighted by atomic mass is 10.2. The zero-order valence-electron chi connectivity index (χ0n) is 16.2. The molecule has 0 aliphatic heterocycles. The second-order valence-electron chi connectivity index (χ2n) is 6.57. The van der Waals surface area contributed by atoms with Crippen LogP contribution in [0.25, 0.3) is 0 Å². The van der Waals surface area contributed by atoms with Crippen molar-refractivity contribution in [3.8, 4) is 5.75 Å². The topological polar surface area (TPSA) is 110 Å². The quantitative estimate of drug-likeness (QED) is 0.659. The van der Waals surface area contributed by atoms with E-state index in [1.165, 1.54) is 11.6 Å². The van der Waals surface area contributed by atoms with Gasteiger partial charge in [0.05, 0.1) is 6.54 Å². The van der Waals surface area contributed by atoms with E-state index in [0.29, 0.717) is 5.75 Å². The number of likely N-dealkylation sites (N-methyl/N-ethyl adjacent to an activating group) is 1. The summed E-state index contributed by atoms with van der Waals surface area (Å²) >= 11 is 0. The number of hydrogen-bond acceptors (Lipinski definition) is 5. The van der Waals surface area contributed by atoms with Gasteiger partial charge in [-0.1, -0.05) is 48.5 Å². The van der Waals surface area contributed by atoms with Crippen molar-refractivity contribution >= 4 is 17.4 Å². The van der Waals surface area contributed by atoms with Crippen molar-refractivity contribution in [2.24, 2.45) is 0 Å². The first-order valence-electron chi connectivity index (χ1n) is 9.00. The fraction of sp³-hybridized carbons (Fsp3) is 0.190. The average Bonchev–Trinajstić information content (AvgIpc) is 2.71. The van der Waals surface area contributed by atoms with Crippen LogP contribution in [-0.2, 0) is 11.3 Å². The second-order valence-corrected chi connectivity index (χ2v) is 6.57. The molecule has 0 atom stereocenters. The lowest BCUT2D eigenvalue weighted by Crippen LogP contribution is -2.41. The minimum atomic E-state index is -0.733. The third-order valence-electron chi connectivity index (χ3n) is 4.55. The number of aromatic nitrogens is 2. The van der Waals surface area contributed by atoms with Crippen molar-refractivity contribution in [1.29, 1.82) is 0 Å². The molecule has 1 aromatic heterocycles. The summed E-state index contributed by atoms with van der Waals surface area (Å²) < 4.78 is 6.78. The molecule has 8 nitrogen and oxygen atoms in total. The van der Waals surface area contributed by atoms with Crippen molar-refractivity contribution < 1.29 is 9.53 Å². The highest BCUT2D eigenvalue weighted by Crippen LogP contribution is 2.18. The van der Waals surface area contributed by atoms with Crippen molar-refractivity contribution in [2.45, 2.75) is 13.5 Å². The van der Waals surface area contributed by atoms with Crippen LogP contribution >= 0.6 is 0 Å². The van der Waals surface area contributed by atoms with Gasteiger partial charge in [-0.3, -0.25) is 19.1 Å². The molecular formula is C21H22N4O4. The van der Waals surface area contributed by atoms with Gasteiger partial charge in [0.1, 0.15) is 11.6 Å². The number of rotatable bonds is 6. The van der Waals surface area contributed by atoms with Crippen LogP contribution in [0.4, 0.5) is 11.5 Å². The molecule has 29 heavy (non-hydrogen) atoms. The molecule has 0 fully saturated rings. The Morgan fingerprint density at radius 3 is 2.45 bits per heavy atom. The molecule has 0 saturated heterocycles. The van der Waals surface area contributed by atoms with Crippen LogP contribution in [0.1, 0.15) is 11.1 Å². The Hall–Kier alpha value is -3.81. The SMILES string of the molecule is Cc1ccccc1OCC(=O)N(C)c1c(N)n(Cc2ccccc2)c(=O)[nH]c1=O. The van der Waals surface area contributed by atoms with Gasteiger partial charge in [0, 0.05) is 7.05 Å². The van der Waals surface area contributed by atoms with Crippen molar-refractivity contribution in [3.63, 3.8) is 0 Å². The number of aromatic amines is 1. The van der Waals surface area contributed by atoms with E-state index in [0.717, 1.165) is 16.0 Å². The van der Waals surface area contributed by atoms with Gasteiger partial charge in [-0.25, -0.2) is 4.79 Å². The highest BCUT2D eigenvalue weighted by Gasteiger charge is 2.21. The number of nitrogens with zero attached hydrogens (tertiary/aromatic N) is 2. The minimum Gasteiger partial charge on any atom is -0.483 e. The molecule has 3 aromatic rings. The molecule has 1 heterocycles. The predicted octanol–water partition coefficient (Wildman–Crippen LogP) is 1.52. The molecule has 3 rings (SSSR count).